The van der Waals surface area contributed by atoms with Crippen LogP contribution in [0.25, 0.3) is 10.4 Å². The van der Waals surface area contributed by atoms with Crippen LogP contribution in [-0.4, -0.2) is 33.4 Å². The zero-order valence-corrected chi connectivity index (χ0v) is 9.38. The largest absolute Gasteiger partial charge is 0.390 e. The molecule has 3 unspecified atom stereocenters. The summed E-state index contributed by atoms with van der Waals surface area (Å²) in [7, 11) is 0. The number of aliphatic hydroxyl groups is 1. The van der Waals surface area contributed by atoms with Crippen LogP contribution in [0, 0.1) is 0 Å². The minimum absolute atomic E-state index is 0.0192. The first-order valence-corrected chi connectivity index (χ1v) is 5.31. The van der Waals surface area contributed by atoms with E-state index in [1.54, 1.807) is 0 Å². The molecule has 1 aromatic heterocycles. The molecule has 0 bridgehead atoms. The third kappa shape index (κ3) is 2.43. The molecule has 1 fully saturated rings. The number of nitrogens with two attached hydrogens (primary N) is 1. The highest BCUT2D eigenvalue weighted by Crippen LogP contribution is 2.27. The van der Waals surface area contributed by atoms with Crippen molar-refractivity contribution < 1.29 is 9.84 Å². The second-order valence-electron chi connectivity index (χ2n) is 3.89. The van der Waals surface area contributed by atoms with E-state index in [1.165, 1.54) is 16.8 Å². The Hall–Kier alpha value is -2.09. The van der Waals surface area contributed by atoms with Crippen molar-refractivity contribution in [1.82, 2.24) is 9.55 Å². The normalized spacial score (nSPS) is 26.8. The monoisotopic (exact) mass is 252 g/mol. The predicted octanol–water partition coefficient (Wildman–Crippen LogP) is -0.216. The average Bonchev–Trinajstić information content (AvgIpc) is 2.68. The molecule has 0 radical (unpaired) electrons. The SMILES string of the molecule is [N-]=[N+]=NCC1OC(n2ccc(N)nc2=O)CC1O. The van der Waals surface area contributed by atoms with Crippen LogP contribution in [0.1, 0.15) is 12.6 Å². The summed E-state index contributed by atoms with van der Waals surface area (Å²) in [6.07, 6.45) is -0.338. The fraction of sp³-hybridized carbons (Fsp3) is 0.556. The molecule has 0 spiro atoms. The molecule has 1 aromatic rings. The van der Waals surface area contributed by atoms with Crippen molar-refractivity contribution in [2.45, 2.75) is 24.9 Å². The van der Waals surface area contributed by atoms with Gasteiger partial charge >= 0.3 is 5.69 Å². The van der Waals surface area contributed by atoms with Gasteiger partial charge in [0.2, 0.25) is 0 Å². The minimum Gasteiger partial charge on any atom is -0.390 e. The molecular formula is C9H12N6O3. The number of azide groups is 1. The molecule has 96 valence electrons. The zero-order valence-electron chi connectivity index (χ0n) is 9.38. The van der Waals surface area contributed by atoms with Crippen LogP contribution in [0.5, 0.6) is 0 Å². The van der Waals surface area contributed by atoms with Gasteiger partial charge in [0.15, 0.2) is 0 Å². The lowest BCUT2D eigenvalue weighted by Crippen LogP contribution is -2.27. The fourth-order valence-corrected chi connectivity index (χ4v) is 1.81. The summed E-state index contributed by atoms with van der Waals surface area (Å²) in [5.41, 5.74) is 13.0. The number of nitrogens with zero attached hydrogens (tertiary/aromatic N) is 5. The molecular weight excluding hydrogens is 240 g/mol. The van der Waals surface area contributed by atoms with Gasteiger partial charge in [0.05, 0.1) is 18.8 Å². The van der Waals surface area contributed by atoms with Crippen LogP contribution in [0.3, 0.4) is 0 Å². The Morgan fingerprint density at radius 3 is 3.22 bits per heavy atom. The van der Waals surface area contributed by atoms with E-state index >= 15 is 0 Å². The Bertz CT molecular complexity index is 537. The quantitative estimate of drug-likeness (QED) is 0.435. The summed E-state index contributed by atoms with van der Waals surface area (Å²) < 4.78 is 6.70. The highest BCUT2D eigenvalue weighted by Gasteiger charge is 2.34. The maximum absolute atomic E-state index is 11.6. The van der Waals surface area contributed by atoms with Gasteiger partial charge in [-0.15, -0.1) is 0 Å². The lowest BCUT2D eigenvalue weighted by Gasteiger charge is -2.14. The first kappa shape index (κ1) is 12.4. The van der Waals surface area contributed by atoms with E-state index in [0.29, 0.717) is 0 Å². The highest BCUT2D eigenvalue weighted by atomic mass is 16.5. The number of hydrogen-bond donors (Lipinski definition) is 2. The number of aromatic nitrogens is 2. The lowest BCUT2D eigenvalue weighted by atomic mass is 10.2. The number of rotatable bonds is 3. The summed E-state index contributed by atoms with van der Waals surface area (Å²) in [5, 5.41) is 13.1. The highest BCUT2D eigenvalue weighted by molar-refractivity contribution is 5.23. The Morgan fingerprint density at radius 2 is 2.56 bits per heavy atom. The molecule has 2 rings (SSSR count). The van der Waals surface area contributed by atoms with Crippen molar-refractivity contribution in [2.75, 3.05) is 12.3 Å². The molecule has 9 nitrogen and oxygen atoms in total. The van der Waals surface area contributed by atoms with Gasteiger partial charge in [-0.1, -0.05) is 5.11 Å². The molecule has 9 heteroatoms. The second kappa shape index (κ2) is 5.05. The summed E-state index contributed by atoms with van der Waals surface area (Å²) in [6, 6.07) is 1.47. The smallest absolute Gasteiger partial charge is 0.351 e. The third-order valence-corrected chi connectivity index (χ3v) is 2.69. The minimum atomic E-state index is -0.787. The Kier molecular flexibility index (Phi) is 3.47. The first-order valence-electron chi connectivity index (χ1n) is 5.31. The molecule has 2 heterocycles. The summed E-state index contributed by atoms with van der Waals surface area (Å²) in [6.45, 7) is 0.0192. The molecule has 0 aromatic carbocycles. The van der Waals surface area contributed by atoms with Gasteiger partial charge < -0.3 is 15.6 Å². The van der Waals surface area contributed by atoms with Crippen LogP contribution in [0.15, 0.2) is 22.2 Å². The van der Waals surface area contributed by atoms with Crippen LogP contribution >= 0.6 is 0 Å². The van der Waals surface area contributed by atoms with Crippen molar-refractivity contribution in [2.24, 2.45) is 5.11 Å². The third-order valence-electron chi connectivity index (χ3n) is 2.69. The van der Waals surface area contributed by atoms with E-state index in [4.69, 9.17) is 16.0 Å². The molecule has 0 aliphatic carbocycles. The van der Waals surface area contributed by atoms with E-state index in [9.17, 15) is 9.90 Å². The fourth-order valence-electron chi connectivity index (χ4n) is 1.81. The molecule has 1 aliphatic heterocycles. The second-order valence-corrected chi connectivity index (χ2v) is 3.89. The first-order chi connectivity index (χ1) is 8.61. The summed E-state index contributed by atoms with van der Waals surface area (Å²) in [4.78, 5) is 17.8. The van der Waals surface area contributed by atoms with Crippen molar-refractivity contribution >= 4 is 5.82 Å². The van der Waals surface area contributed by atoms with E-state index in [-0.39, 0.29) is 18.8 Å². The number of anilines is 1. The standard InChI is InChI=1S/C9H12N6O3/c10-7-1-2-15(9(17)13-7)8-3-5(16)6(18-8)4-12-14-11/h1-2,5-6,8,16H,3-4H2,(H2,10,13,17). The van der Waals surface area contributed by atoms with E-state index < -0.39 is 24.1 Å². The molecule has 3 N–H and O–H groups in total. The number of aliphatic hydroxyl groups excluding tert-OH is 1. The van der Waals surface area contributed by atoms with E-state index in [0.717, 1.165) is 0 Å². The predicted molar refractivity (Wildman–Crippen MR) is 61.5 cm³/mol. The van der Waals surface area contributed by atoms with Crippen molar-refractivity contribution in [3.05, 3.63) is 33.2 Å². The van der Waals surface area contributed by atoms with Crippen LogP contribution in [0.4, 0.5) is 5.82 Å². The van der Waals surface area contributed by atoms with Crippen molar-refractivity contribution in [3.8, 4) is 0 Å². The Balaban J connectivity index is 2.16. The van der Waals surface area contributed by atoms with Gasteiger partial charge in [-0.3, -0.25) is 4.57 Å². The number of nitrogen functional groups attached to an aromatic ring is 1. The lowest BCUT2D eigenvalue weighted by molar-refractivity contribution is -0.0149. The van der Waals surface area contributed by atoms with Crippen molar-refractivity contribution in [1.29, 1.82) is 0 Å². The van der Waals surface area contributed by atoms with Gasteiger partial charge in [-0.2, -0.15) is 4.98 Å². The van der Waals surface area contributed by atoms with Crippen LogP contribution < -0.4 is 11.4 Å². The number of ether oxygens (including phenoxy) is 1. The molecule has 0 amide bonds. The summed E-state index contributed by atoms with van der Waals surface area (Å²) in [5.74, 6) is 0.125. The molecule has 1 saturated heterocycles. The Labute approximate surface area is 101 Å². The average molecular weight is 252 g/mol. The molecule has 1 aliphatic rings. The zero-order chi connectivity index (χ0) is 13.1. The van der Waals surface area contributed by atoms with E-state index in [2.05, 4.69) is 15.0 Å². The van der Waals surface area contributed by atoms with Gasteiger partial charge in [0.1, 0.15) is 12.0 Å². The molecule has 18 heavy (non-hydrogen) atoms. The number of hydrogen-bond acceptors (Lipinski definition) is 6. The maximum atomic E-state index is 11.6. The molecule has 0 saturated carbocycles. The topological polar surface area (TPSA) is 139 Å². The Morgan fingerprint density at radius 1 is 1.78 bits per heavy atom. The maximum Gasteiger partial charge on any atom is 0.351 e. The van der Waals surface area contributed by atoms with Crippen molar-refractivity contribution in [3.63, 3.8) is 0 Å². The van der Waals surface area contributed by atoms with Crippen LogP contribution in [-0.2, 0) is 4.74 Å². The van der Waals surface area contributed by atoms with Gasteiger partial charge in [0, 0.05) is 17.5 Å². The van der Waals surface area contributed by atoms with E-state index in [1.807, 2.05) is 0 Å². The van der Waals surface area contributed by atoms with Gasteiger partial charge in [0.25, 0.3) is 0 Å². The van der Waals surface area contributed by atoms with Gasteiger partial charge in [-0.25, -0.2) is 4.79 Å². The summed E-state index contributed by atoms with van der Waals surface area (Å²) >= 11 is 0. The molecule has 3 atom stereocenters. The van der Waals surface area contributed by atoms with Gasteiger partial charge in [-0.05, 0) is 11.6 Å². The van der Waals surface area contributed by atoms with Crippen LogP contribution in [0.2, 0.25) is 0 Å².